The standard InChI is InChI=1S/C17H27N3O3S3/c1-13(2)11-25(21,22)26(23,18-5,12-14-9-7-6-8-10-14)16-19-15(24)17(3,4)20-16/h6-10,13H,11-12H2,1-5H3,(H,18,23)(H,19,20,24). The average molecular weight is 418 g/mol. The molecule has 2 N–H and O–H groups in total. The first-order valence-electron chi connectivity index (χ1n) is 8.38. The third-order valence-corrected chi connectivity index (χ3v) is 14.7. The molecule has 0 aromatic heterocycles. The fraction of sp³-hybridized carbons (Fsp3) is 0.529. The van der Waals surface area contributed by atoms with E-state index in [-0.39, 0.29) is 22.6 Å². The summed E-state index contributed by atoms with van der Waals surface area (Å²) in [6, 6.07) is 8.92. The minimum absolute atomic E-state index is 0.0796. The van der Waals surface area contributed by atoms with Gasteiger partial charge in [0.25, 0.3) is 0 Å². The number of benzene rings is 1. The van der Waals surface area contributed by atoms with Gasteiger partial charge in [0.2, 0.25) is 8.87 Å². The Bertz CT molecular complexity index is 906. The van der Waals surface area contributed by atoms with Gasteiger partial charge in [-0.25, -0.2) is 22.3 Å². The van der Waals surface area contributed by atoms with Crippen LogP contribution in [0.25, 0.3) is 0 Å². The zero-order chi connectivity index (χ0) is 19.8. The van der Waals surface area contributed by atoms with Crippen LogP contribution in [0.2, 0.25) is 0 Å². The van der Waals surface area contributed by atoms with Gasteiger partial charge in [0.15, 0.2) is 5.17 Å². The molecular formula is C17H27N3O3S3. The summed E-state index contributed by atoms with van der Waals surface area (Å²) in [6.45, 7) is 7.10. The molecule has 1 aromatic carbocycles. The first kappa shape index (κ1) is 21.1. The summed E-state index contributed by atoms with van der Waals surface area (Å²) in [5.41, 5.74) is -0.167. The Morgan fingerprint density at radius 2 is 1.85 bits per heavy atom. The summed E-state index contributed by atoms with van der Waals surface area (Å²) in [5, 5.41) is 2.77. The van der Waals surface area contributed by atoms with Crippen molar-refractivity contribution >= 4 is 39.5 Å². The van der Waals surface area contributed by atoms with E-state index in [0.717, 1.165) is 0 Å². The third-order valence-electron chi connectivity index (χ3n) is 4.31. The topological polar surface area (TPSA) is 87.6 Å². The molecule has 0 bridgehead atoms. The van der Waals surface area contributed by atoms with Crippen LogP contribution >= 0.6 is 12.2 Å². The van der Waals surface area contributed by atoms with E-state index in [1.807, 2.05) is 6.07 Å². The highest BCUT2D eigenvalue weighted by Gasteiger charge is 2.56. The Kier molecular flexibility index (Phi) is 5.51. The van der Waals surface area contributed by atoms with E-state index >= 15 is 0 Å². The lowest BCUT2D eigenvalue weighted by molar-refractivity contribution is 0.588. The Morgan fingerprint density at radius 3 is 2.27 bits per heavy atom. The first-order valence-corrected chi connectivity index (χ1v) is 13.1. The van der Waals surface area contributed by atoms with Gasteiger partial charge in [0, 0.05) is 0 Å². The van der Waals surface area contributed by atoms with Gasteiger partial charge in [-0.3, -0.25) is 0 Å². The van der Waals surface area contributed by atoms with Gasteiger partial charge in [-0.15, -0.1) is 0 Å². The number of hydrogen-bond donors (Lipinski definition) is 2. The Morgan fingerprint density at radius 1 is 1.27 bits per heavy atom. The molecule has 9 heteroatoms. The quantitative estimate of drug-likeness (QED) is 0.547. The predicted molar refractivity (Wildman–Crippen MR) is 113 cm³/mol. The molecule has 2 rings (SSSR count). The zero-order valence-corrected chi connectivity index (χ0v) is 18.2. The summed E-state index contributed by atoms with van der Waals surface area (Å²) in [4.78, 5) is 4.80. The van der Waals surface area contributed by atoms with Crippen LogP contribution in [0.15, 0.2) is 35.3 Å². The van der Waals surface area contributed by atoms with E-state index in [4.69, 9.17) is 12.2 Å². The summed E-state index contributed by atoms with van der Waals surface area (Å²) < 4.78 is 44.1. The lowest BCUT2D eigenvalue weighted by atomic mass is 10.1. The molecule has 0 saturated heterocycles. The van der Waals surface area contributed by atoms with Crippen LogP contribution < -0.4 is 10.0 Å². The molecule has 0 radical (unpaired) electrons. The van der Waals surface area contributed by atoms with Crippen LogP contribution in [0.1, 0.15) is 33.3 Å². The van der Waals surface area contributed by atoms with Crippen LogP contribution in [0.3, 0.4) is 0 Å². The maximum absolute atomic E-state index is 14.6. The van der Waals surface area contributed by atoms with E-state index < -0.39 is 22.7 Å². The second-order valence-corrected chi connectivity index (χ2v) is 16.0. The van der Waals surface area contributed by atoms with E-state index in [9.17, 15) is 12.6 Å². The van der Waals surface area contributed by atoms with Gasteiger partial charge in [0.1, 0.15) is 18.8 Å². The predicted octanol–water partition coefficient (Wildman–Crippen LogP) is 2.19. The highest BCUT2D eigenvalue weighted by Crippen LogP contribution is 2.39. The van der Waals surface area contributed by atoms with E-state index in [1.54, 1.807) is 52.0 Å². The van der Waals surface area contributed by atoms with Crippen molar-refractivity contribution in [2.75, 3.05) is 12.8 Å². The number of rotatable bonds is 6. The summed E-state index contributed by atoms with van der Waals surface area (Å²) in [7, 11) is -7.35. The molecule has 1 aromatic rings. The zero-order valence-electron chi connectivity index (χ0n) is 15.8. The number of nitrogens with zero attached hydrogens (tertiary/aromatic N) is 1. The highest BCUT2D eigenvalue weighted by atomic mass is 33.2. The van der Waals surface area contributed by atoms with Gasteiger partial charge >= 0.3 is 0 Å². The number of amidine groups is 1. The molecule has 0 aliphatic carbocycles. The smallest absolute Gasteiger partial charge is 0.226 e. The number of aliphatic imine (C=N–C) groups is 1. The van der Waals surface area contributed by atoms with Crippen molar-refractivity contribution in [2.24, 2.45) is 10.9 Å². The minimum atomic E-state index is -4.66. The van der Waals surface area contributed by atoms with Gasteiger partial charge in [-0.05, 0) is 32.4 Å². The monoisotopic (exact) mass is 417 g/mol. The molecule has 0 spiro atoms. The average Bonchev–Trinajstić information content (AvgIpc) is 2.81. The molecule has 0 fully saturated rings. The summed E-state index contributed by atoms with van der Waals surface area (Å²) in [5.74, 6) is -0.607. The van der Waals surface area contributed by atoms with Gasteiger partial charge in [-0.2, -0.15) is 0 Å². The van der Waals surface area contributed by atoms with Crippen LogP contribution in [0, 0.1) is 5.92 Å². The molecule has 0 amide bonds. The van der Waals surface area contributed by atoms with E-state index in [2.05, 4.69) is 15.0 Å². The normalized spacial score (nSPS) is 18.9. The van der Waals surface area contributed by atoms with Crippen molar-refractivity contribution in [2.45, 2.75) is 39.0 Å². The van der Waals surface area contributed by atoms with Crippen molar-refractivity contribution in [3.05, 3.63) is 35.9 Å². The third kappa shape index (κ3) is 3.37. The lowest BCUT2D eigenvalue weighted by Crippen LogP contribution is -2.63. The highest BCUT2D eigenvalue weighted by molar-refractivity contribution is 8.86. The Labute approximate surface area is 160 Å². The van der Waals surface area contributed by atoms with Gasteiger partial charge in [0.05, 0.1) is 11.5 Å². The molecule has 1 aliphatic heterocycles. The fourth-order valence-electron chi connectivity index (χ4n) is 2.78. The van der Waals surface area contributed by atoms with Gasteiger partial charge < -0.3 is 5.32 Å². The molecule has 26 heavy (non-hydrogen) atoms. The Hall–Kier alpha value is -1.16. The minimum Gasteiger partial charge on any atom is -0.325 e. The van der Waals surface area contributed by atoms with Crippen molar-refractivity contribution in [3.8, 4) is 0 Å². The van der Waals surface area contributed by atoms with Crippen LogP contribution in [-0.4, -0.2) is 41.1 Å². The maximum Gasteiger partial charge on any atom is 0.226 e. The molecule has 0 unspecified atom stereocenters. The summed E-state index contributed by atoms with van der Waals surface area (Å²) in [6.07, 6.45) is 0. The Balaban J connectivity index is 2.77. The molecule has 6 nitrogen and oxygen atoms in total. The maximum atomic E-state index is 14.6. The SMILES string of the molecule is CNS(=O)(Cc1ccccc1)(C1=NC(C)(C)C(=S)N1)S(=O)(=O)CC(C)C. The number of nitrogens with one attached hydrogen (secondary N) is 2. The lowest BCUT2D eigenvalue weighted by Gasteiger charge is -2.41. The van der Waals surface area contributed by atoms with E-state index in [1.165, 1.54) is 7.05 Å². The summed E-state index contributed by atoms with van der Waals surface area (Å²) >= 11 is 5.30. The molecule has 1 aliphatic rings. The van der Waals surface area contributed by atoms with E-state index in [0.29, 0.717) is 10.6 Å². The first-order chi connectivity index (χ1) is 11.9. The second kappa shape index (κ2) is 6.78. The second-order valence-electron chi connectivity index (χ2n) is 7.41. The molecule has 0 saturated carbocycles. The van der Waals surface area contributed by atoms with Crippen molar-refractivity contribution in [1.82, 2.24) is 10.0 Å². The van der Waals surface area contributed by atoms with Gasteiger partial charge in [-0.1, -0.05) is 56.4 Å². The van der Waals surface area contributed by atoms with Crippen LogP contribution in [0.5, 0.6) is 0 Å². The van der Waals surface area contributed by atoms with Crippen molar-refractivity contribution < 1.29 is 12.6 Å². The number of thiocarbonyl (C=S) groups is 1. The molecule has 0 atom stereocenters. The number of hydrogen-bond acceptors (Lipinski definition) is 5. The van der Waals surface area contributed by atoms with Crippen molar-refractivity contribution in [1.29, 1.82) is 0 Å². The molecule has 146 valence electrons. The van der Waals surface area contributed by atoms with Crippen LogP contribution in [-0.2, 0) is 22.9 Å². The fourth-order valence-corrected chi connectivity index (χ4v) is 11.1. The van der Waals surface area contributed by atoms with Crippen LogP contribution in [0.4, 0.5) is 0 Å². The van der Waals surface area contributed by atoms with Crippen molar-refractivity contribution in [3.63, 3.8) is 0 Å². The molecular weight excluding hydrogens is 390 g/mol. The largest absolute Gasteiger partial charge is 0.325 e. The molecule has 1 heterocycles.